The Labute approximate surface area is 188 Å². The van der Waals surface area contributed by atoms with E-state index >= 15 is 0 Å². The maximum absolute atomic E-state index is 12.4. The number of carbonyl (C=O) groups excluding carboxylic acids is 2. The van der Waals surface area contributed by atoms with Gasteiger partial charge in [0.1, 0.15) is 5.37 Å². The summed E-state index contributed by atoms with van der Waals surface area (Å²) in [7, 11) is 0. The minimum Gasteiger partial charge on any atom is -0.351 e. The van der Waals surface area contributed by atoms with Gasteiger partial charge >= 0.3 is 0 Å². The van der Waals surface area contributed by atoms with Crippen LogP contribution < -0.4 is 5.32 Å². The summed E-state index contributed by atoms with van der Waals surface area (Å²) in [4.78, 5) is 26.8. The van der Waals surface area contributed by atoms with Crippen molar-refractivity contribution in [1.82, 2.24) is 10.2 Å². The van der Waals surface area contributed by atoms with Gasteiger partial charge < -0.3 is 10.2 Å². The predicted molar refractivity (Wildman–Crippen MR) is 128 cm³/mol. The van der Waals surface area contributed by atoms with Crippen molar-refractivity contribution >= 4 is 35.3 Å². The molecule has 160 valence electrons. The number of hydrogen-bond donors (Lipinski definition) is 1. The van der Waals surface area contributed by atoms with Crippen molar-refractivity contribution in [2.45, 2.75) is 37.3 Å². The lowest BCUT2D eigenvalue weighted by molar-refractivity contribution is -0.128. The average molecular weight is 443 g/mol. The standard InChI is InChI=1S/C24H30N2O2S2/c1-24(2,3)30-16-14-25-22(28)19-9-11-20(12-10-19)23-26(21(27)17-29-23)15-13-18-7-5-4-6-8-18/h4-12,23H,13-17H2,1-3H3,(H,25,28). The first-order valence-corrected chi connectivity index (χ1v) is 12.3. The SMILES string of the molecule is CC(C)(C)SCCNC(=O)c1ccc(C2SCC(=O)N2CCc2ccccc2)cc1. The topological polar surface area (TPSA) is 49.4 Å². The van der Waals surface area contributed by atoms with Crippen LogP contribution in [0.25, 0.3) is 0 Å². The molecule has 0 saturated carbocycles. The second-order valence-electron chi connectivity index (χ2n) is 8.32. The Morgan fingerprint density at radius 3 is 2.50 bits per heavy atom. The van der Waals surface area contributed by atoms with Crippen LogP contribution in [0.4, 0.5) is 0 Å². The normalized spacial score (nSPS) is 16.7. The zero-order valence-corrected chi connectivity index (χ0v) is 19.5. The molecule has 4 nitrogen and oxygen atoms in total. The van der Waals surface area contributed by atoms with E-state index in [4.69, 9.17) is 0 Å². The van der Waals surface area contributed by atoms with Crippen LogP contribution >= 0.6 is 23.5 Å². The van der Waals surface area contributed by atoms with Crippen LogP contribution in [-0.4, -0.2) is 46.1 Å². The van der Waals surface area contributed by atoms with Crippen molar-refractivity contribution in [3.8, 4) is 0 Å². The number of rotatable bonds is 8. The lowest BCUT2D eigenvalue weighted by Gasteiger charge is -2.24. The molecule has 30 heavy (non-hydrogen) atoms. The van der Waals surface area contributed by atoms with E-state index in [2.05, 4.69) is 38.2 Å². The molecule has 0 radical (unpaired) electrons. The maximum atomic E-state index is 12.4. The number of thioether (sulfide) groups is 2. The van der Waals surface area contributed by atoms with E-state index in [1.54, 1.807) is 11.8 Å². The van der Waals surface area contributed by atoms with Gasteiger partial charge in [-0.15, -0.1) is 11.8 Å². The molecule has 1 N–H and O–H groups in total. The Bertz CT molecular complexity index is 848. The van der Waals surface area contributed by atoms with Crippen LogP contribution in [0.3, 0.4) is 0 Å². The Balaban J connectivity index is 1.56. The Hall–Kier alpha value is -1.92. The number of nitrogens with zero attached hydrogens (tertiary/aromatic N) is 1. The smallest absolute Gasteiger partial charge is 0.251 e. The Morgan fingerprint density at radius 2 is 1.83 bits per heavy atom. The van der Waals surface area contributed by atoms with Gasteiger partial charge in [0.25, 0.3) is 5.91 Å². The van der Waals surface area contributed by atoms with Crippen molar-refractivity contribution in [3.05, 3.63) is 71.3 Å². The molecule has 2 aromatic rings. The molecule has 6 heteroatoms. The second kappa shape index (κ2) is 10.4. The van der Waals surface area contributed by atoms with Crippen LogP contribution in [0.5, 0.6) is 0 Å². The third-order valence-electron chi connectivity index (χ3n) is 4.83. The van der Waals surface area contributed by atoms with Crippen molar-refractivity contribution in [2.75, 3.05) is 24.6 Å². The molecule has 1 fully saturated rings. The molecule has 0 spiro atoms. The molecule has 1 atom stereocenters. The van der Waals surface area contributed by atoms with Crippen molar-refractivity contribution in [3.63, 3.8) is 0 Å². The number of amides is 2. The first kappa shape index (κ1) is 22.8. The Kier molecular flexibility index (Phi) is 7.89. The summed E-state index contributed by atoms with van der Waals surface area (Å²) in [6.45, 7) is 7.88. The molecule has 1 aliphatic rings. The first-order chi connectivity index (χ1) is 14.3. The van der Waals surface area contributed by atoms with E-state index in [0.29, 0.717) is 24.4 Å². The zero-order valence-electron chi connectivity index (χ0n) is 17.9. The quantitative estimate of drug-likeness (QED) is 0.599. The molecular formula is C24H30N2O2S2. The fourth-order valence-electron chi connectivity index (χ4n) is 3.29. The van der Waals surface area contributed by atoms with Crippen LogP contribution in [0.1, 0.15) is 47.6 Å². The lowest BCUT2D eigenvalue weighted by atomic mass is 10.1. The third-order valence-corrected chi connectivity index (χ3v) is 7.36. The molecule has 1 unspecified atom stereocenters. The van der Waals surface area contributed by atoms with Crippen molar-refractivity contribution in [1.29, 1.82) is 0 Å². The highest BCUT2D eigenvalue weighted by Gasteiger charge is 2.32. The van der Waals surface area contributed by atoms with Gasteiger partial charge in [-0.25, -0.2) is 0 Å². The number of benzene rings is 2. The predicted octanol–water partition coefficient (Wildman–Crippen LogP) is 4.76. The molecule has 3 rings (SSSR count). The molecule has 2 amide bonds. The van der Waals surface area contributed by atoms with Gasteiger partial charge in [0.2, 0.25) is 5.91 Å². The summed E-state index contributed by atoms with van der Waals surface area (Å²) in [5.41, 5.74) is 2.96. The molecular weight excluding hydrogens is 412 g/mol. The average Bonchev–Trinajstić information content (AvgIpc) is 3.10. The first-order valence-electron chi connectivity index (χ1n) is 10.3. The monoisotopic (exact) mass is 442 g/mol. The zero-order chi connectivity index (χ0) is 21.6. The minimum absolute atomic E-state index is 0.0153. The van der Waals surface area contributed by atoms with Gasteiger partial charge in [-0.2, -0.15) is 11.8 Å². The van der Waals surface area contributed by atoms with Gasteiger partial charge in [0.15, 0.2) is 0 Å². The van der Waals surface area contributed by atoms with Crippen LogP contribution in [0.2, 0.25) is 0 Å². The molecule has 1 saturated heterocycles. The number of hydrogen-bond acceptors (Lipinski definition) is 4. The summed E-state index contributed by atoms with van der Waals surface area (Å²) in [5, 5.41) is 3.00. The molecule has 1 aliphatic heterocycles. The largest absolute Gasteiger partial charge is 0.351 e. The molecule has 1 heterocycles. The molecule has 0 aromatic heterocycles. The summed E-state index contributed by atoms with van der Waals surface area (Å²) in [6, 6.07) is 17.9. The maximum Gasteiger partial charge on any atom is 0.251 e. The Morgan fingerprint density at radius 1 is 1.13 bits per heavy atom. The summed E-state index contributed by atoms with van der Waals surface area (Å²) in [6.07, 6.45) is 0.844. The molecule has 0 aliphatic carbocycles. The highest BCUT2D eigenvalue weighted by molar-refractivity contribution is 8.00. The van der Waals surface area contributed by atoms with Gasteiger partial charge in [-0.05, 0) is 29.7 Å². The lowest BCUT2D eigenvalue weighted by Crippen LogP contribution is -2.30. The highest BCUT2D eigenvalue weighted by atomic mass is 32.2. The number of nitrogens with one attached hydrogen (secondary N) is 1. The van der Waals surface area contributed by atoms with Gasteiger partial charge in [-0.3, -0.25) is 9.59 Å². The van der Waals surface area contributed by atoms with Crippen LogP contribution in [-0.2, 0) is 11.2 Å². The minimum atomic E-state index is -0.0489. The second-order valence-corrected chi connectivity index (χ2v) is 11.3. The van der Waals surface area contributed by atoms with E-state index in [9.17, 15) is 9.59 Å². The fraction of sp³-hybridized carbons (Fsp3) is 0.417. The molecule has 0 bridgehead atoms. The summed E-state index contributed by atoms with van der Waals surface area (Å²) in [5.74, 6) is 1.53. The molecule has 2 aromatic carbocycles. The van der Waals surface area contributed by atoms with E-state index < -0.39 is 0 Å². The van der Waals surface area contributed by atoms with E-state index in [-0.39, 0.29) is 21.9 Å². The summed E-state index contributed by atoms with van der Waals surface area (Å²) < 4.78 is 0.204. The van der Waals surface area contributed by atoms with Gasteiger partial charge in [0, 0.05) is 29.2 Å². The van der Waals surface area contributed by atoms with Crippen molar-refractivity contribution in [2.24, 2.45) is 0 Å². The fourth-order valence-corrected chi connectivity index (χ4v) is 5.32. The van der Waals surface area contributed by atoms with E-state index in [0.717, 1.165) is 17.7 Å². The summed E-state index contributed by atoms with van der Waals surface area (Å²) >= 11 is 3.49. The van der Waals surface area contributed by atoms with Crippen LogP contribution in [0, 0.1) is 0 Å². The van der Waals surface area contributed by atoms with Crippen molar-refractivity contribution < 1.29 is 9.59 Å². The van der Waals surface area contributed by atoms with Gasteiger partial charge in [0.05, 0.1) is 5.75 Å². The van der Waals surface area contributed by atoms with E-state index in [1.165, 1.54) is 5.56 Å². The highest BCUT2D eigenvalue weighted by Crippen LogP contribution is 2.38. The van der Waals surface area contributed by atoms with Gasteiger partial charge in [-0.1, -0.05) is 63.2 Å². The number of carbonyl (C=O) groups is 2. The van der Waals surface area contributed by atoms with Crippen LogP contribution in [0.15, 0.2) is 54.6 Å². The van der Waals surface area contributed by atoms with E-state index in [1.807, 2.05) is 59.1 Å². The third kappa shape index (κ3) is 6.54.